The molecule has 2 aromatic carbocycles. The second-order valence-electron chi connectivity index (χ2n) is 5.12. The lowest BCUT2D eigenvalue weighted by Gasteiger charge is -2.12. The highest BCUT2D eigenvalue weighted by Crippen LogP contribution is 2.40. The number of hydrogen-bond acceptors (Lipinski definition) is 2. The summed E-state index contributed by atoms with van der Waals surface area (Å²) in [6.45, 7) is 0. The molecule has 0 heterocycles. The smallest absolute Gasteiger partial charge is 0.118 e. The van der Waals surface area contributed by atoms with E-state index < -0.39 is 6.10 Å². The molecule has 1 N–H and O–H groups in total. The van der Waals surface area contributed by atoms with Crippen molar-refractivity contribution < 1.29 is 9.84 Å². The lowest BCUT2D eigenvalue weighted by molar-refractivity contribution is 0.220. The molecule has 0 bridgehead atoms. The Labute approximate surface area is 113 Å². The highest BCUT2D eigenvalue weighted by molar-refractivity contribution is 5.36. The fourth-order valence-electron chi connectivity index (χ4n) is 2.35. The molecule has 1 atom stereocenters. The van der Waals surface area contributed by atoms with E-state index in [2.05, 4.69) is 12.1 Å². The van der Waals surface area contributed by atoms with E-state index >= 15 is 0 Å². The average Bonchev–Trinajstić information content (AvgIpc) is 3.31. The SMILES string of the molecule is COc1ccc(C(O)c2ccc(C3CC3)cc2)cc1. The summed E-state index contributed by atoms with van der Waals surface area (Å²) >= 11 is 0. The molecule has 1 fully saturated rings. The Hall–Kier alpha value is -1.80. The quantitative estimate of drug-likeness (QED) is 0.902. The molecule has 3 rings (SSSR count). The maximum Gasteiger partial charge on any atom is 0.118 e. The number of aliphatic hydroxyl groups is 1. The van der Waals surface area contributed by atoms with E-state index in [-0.39, 0.29) is 0 Å². The highest BCUT2D eigenvalue weighted by atomic mass is 16.5. The van der Waals surface area contributed by atoms with Gasteiger partial charge in [0.05, 0.1) is 7.11 Å². The second kappa shape index (κ2) is 5.06. The van der Waals surface area contributed by atoms with Gasteiger partial charge in [0, 0.05) is 0 Å². The Bertz CT molecular complexity index is 538. The molecule has 0 amide bonds. The van der Waals surface area contributed by atoms with E-state index in [0.29, 0.717) is 0 Å². The first kappa shape index (κ1) is 12.2. The summed E-state index contributed by atoms with van der Waals surface area (Å²) in [4.78, 5) is 0. The van der Waals surface area contributed by atoms with E-state index in [9.17, 15) is 5.11 Å². The van der Waals surface area contributed by atoms with Gasteiger partial charge in [-0.25, -0.2) is 0 Å². The predicted octanol–water partition coefficient (Wildman–Crippen LogP) is 3.65. The summed E-state index contributed by atoms with van der Waals surface area (Å²) in [6, 6.07) is 15.9. The molecular formula is C17H18O2. The molecule has 0 aromatic heterocycles. The third-order valence-corrected chi connectivity index (χ3v) is 3.73. The van der Waals surface area contributed by atoms with Gasteiger partial charge in [-0.2, -0.15) is 0 Å². The molecule has 2 aromatic rings. The largest absolute Gasteiger partial charge is 0.497 e. The fraction of sp³-hybridized carbons (Fsp3) is 0.294. The zero-order chi connectivity index (χ0) is 13.2. The van der Waals surface area contributed by atoms with Gasteiger partial charge in [0.15, 0.2) is 0 Å². The zero-order valence-corrected chi connectivity index (χ0v) is 11.0. The Kier molecular flexibility index (Phi) is 3.26. The number of rotatable bonds is 4. The van der Waals surface area contributed by atoms with Crippen molar-refractivity contribution in [3.8, 4) is 5.75 Å². The summed E-state index contributed by atoms with van der Waals surface area (Å²) in [7, 11) is 1.64. The zero-order valence-electron chi connectivity index (χ0n) is 11.0. The van der Waals surface area contributed by atoms with Crippen LogP contribution in [-0.2, 0) is 0 Å². The molecule has 2 heteroatoms. The third kappa shape index (κ3) is 2.64. The van der Waals surface area contributed by atoms with Gasteiger partial charge >= 0.3 is 0 Å². The van der Waals surface area contributed by atoms with Crippen LogP contribution in [0, 0.1) is 0 Å². The van der Waals surface area contributed by atoms with Gasteiger partial charge in [0.25, 0.3) is 0 Å². The van der Waals surface area contributed by atoms with Crippen LogP contribution in [0.4, 0.5) is 0 Å². The van der Waals surface area contributed by atoms with Crippen molar-refractivity contribution in [2.24, 2.45) is 0 Å². The second-order valence-corrected chi connectivity index (χ2v) is 5.12. The monoisotopic (exact) mass is 254 g/mol. The summed E-state index contributed by atoms with van der Waals surface area (Å²) in [5.41, 5.74) is 3.22. The van der Waals surface area contributed by atoms with Crippen molar-refractivity contribution in [2.45, 2.75) is 24.9 Å². The predicted molar refractivity (Wildman–Crippen MR) is 75.5 cm³/mol. The minimum absolute atomic E-state index is 0.570. The maximum atomic E-state index is 10.4. The summed E-state index contributed by atoms with van der Waals surface area (Å²) < 4.78 is 5.12. The summed E-state index contributed by atoms with van der Waals surface area (Å²) in [5, 5.41) is 10.4. The number of methoxy groups -OCH3 is 1. The van der Waals surface area contributed by atoms with Gasteiger partial charge < -0.3 is 9.84 Å². The summed E-state index contributed by atoms with van der Waals surface area (Å²) in [5.74, 6) is 1.56. The molecule has 19 heavy (non-hydrogen) atoms. The molecule has 98 valence electrons. The van der Waals surface area contributed by atoms with Crippen LogP contribution in [0.1, 0.15) is 41.6 Å². The molecule has 0 radical (unpaired) electrons. The molecule has 0 aliphatic heterocycles. The Morgan fingerprint density at radius 1 is 0.947 bits per heavy atom. The van der Waals surface area contributed by atoms with Crippen molar-refractivity contribution in [2.75, 3.05) is 7.11 Å². The third-order valence-electron chi connectivity index (χ3n) is 3.73. The number of benzene rings is 2. The fourth-order valence-corrected chi connectivity index (χ4v) is 2.35. The minimum Gasteiger partial charge on any atom is -0.497 e. The Morgan fingerprint density at radius 2 is 1.47 bits per heavy atom. The average molecular weight is 254 g/mol. The first-order valence-corrected chi connectivity index (χ1v) is 6.70. The lowest BCUT2D eigenvalue weighted by Crippen LogP contribution is -1.99. The first-order chi connectivity index (χ1) is 9.28. The lowest BCUT2D eigenvalue weighted by atomic mass is 9.99. The highest BCUT2D eigenvalue weighted by Gasteiger charge is 2.23. The maximum absolute atomic E-state index is 10.4. The number of hydrogen-bond donors (Lipinski definition) is 1. The van der Waals surface area contributed by atoms with Gasteiger partial charge in [-0.15, -0.1) is 0 Å². The van der Waals surface area contributed by atoms with Crippen molar-refractivity contribution in [3.63, 3.8) is 0 Å². The molecule has 2 nitrogen and oxygen atoms in total. The molecule has 0 spiro atoms. The van der Waals surface area contributed by atoms with Crippen LogP contribution >= 0.6 is 0 Å². The van der Waals surface area contributed by atoms with Gasteiger partial charge in [-0.1, -0.05) is 36.4 Å². The molecule has 1 aliphatic rings. The van der Waals surface area contributed by atoms with Crippen LogP contribution in [0.3, 0.4) is 0 Å². The minimum atomic E-state index is -0.570. The summed E-state index contributed by atoms with van der Waals surface area (Å²) in [6.07, 6.45) is 2.04. The van der Waals surface area contributed by atoms with E-state index in [1.165, 1.54) is 18.4 Å². The van der Waals surface area contributed by atoms with E-state index in [1.807, 2.05) is 36.4 Å². The number of aliphatic hydroxyl groups excluding tert-OH is 1. The van der Waals surface area contributed by atoms with E-state index in [0.717, 1.165) is 22.8 Å². The van der Waals surface area contributed by atoms with Gasteiger partial charge in [0.2, 0.25) is 0 Å². The molecule has 0 saturated heterocycles. The van der Waals surface area contributed by atoms with Crippen LogP contribution in [0.25, 0.3) is 0 Å². The first-order valence-electron chi connectivity index (χ1n) is 6.70. The Morgan fingerprint density at radius 3 is 1.95 bits per heavy atom. The number of ether oxygens (including phenoxy) is 1. The molecule has 1 saturated carbocycles. The van der Waals surface area contributed by atoms with E-state index in [1.54, 1.807) is 7.11 Å². The van der Waals surface area contributed by atoms with Crippen molar-refractivity contribution >= 4 is 0 Å². The van der Waals surface area contributed by atoms with Crippen LogP contribution in [0.2, 0.25) is 0 Å². The van der Waals surface area contributed by atoms with Crippen LogP contribution < -0.4 is 4.74 Å². The van der Waals surface area contributed by atoms with E-state index in [4.69, 9.17) is 4.74 Å². The molecule has 1 aliphatic carbocycles. The van der Waals surface area contributed by atoms with Crippen LogP contribution in [-0.4, -0.2) is 12.2 Å². The van der Waals surface area contributed by atoms with Gasteiger partial charge in [-0.05, 0) is 47.6 Å². The van der Waals surface area contributed by atoms with Crippen LogP contribution in [0.15, 0.2) is 48.5 Å². The van der Waals surface area contributed by atoms with Crippen LogP contribution in [0.5, 0.6) is 5.75 Å². The topological polar surface area (TPSA) is 29.5 Å². The van der Waals surface area contributed by atoms with Gasteiger partial charge in [-0.3, -0.25) is 0 Å². The van der Waals surface area contributed by atoms with Crippen molar-refractivity contribution in [1.82, 2.24) is 0 Å². The standard InChI is InChI=1S/C17H18O2/c1-19-16-10-8-15(9-11-16)17(18)14-6-4-13(5-7-14)12-2-3-12/h4-12,17-18H,2-3H2,1H3. The normalized spacial score (nSPS) is 16.1. The van der Waals surface area contributed by atoms with Crippen molar-refractivity contribution in [1.29, 1.82) is 0 Å². The molecular weight excluding hydrogens is 236 g/mol. The molecule has 1 unspecified atom stereocenters. The Balaban J connectivity index is 1.79. The van der Waals surface area contributed by atoms with Gasteiger partial charge in [0.1, 0.15) is 11.9 Å². The van der Waals surface area contributed by atoms with Crippen molar-refractivity contribution in [3.05, 3.63) is 65.2 Å².